The molecule has 2 saturated heterocycles. The summed E-state index contributed by atoms with van der Waals surface area (Å²) in [4.78, 5) is 2.57. The lowest BCUT2D eigenvalue weighted by Gasteiger charge is -2.41. The van der Waals surface area contributed by atoms with E-state index in [0.717, 1.165) is 24.3 Å². The first kappa shape index (κ1) is 20.0. The van der Waals surface area contributed by atoms with Crippen molar-refractivity contribution in [3.05, 3.63) is 17.5 Å². The van der Waals surface area contributed by atoms with Gasteiger partial charge in [0.05, 0.1) is 12.2 Å². The Morgan fingerprint density at radius 3 is 2.75 bits per heavy atom. The smallest absolute Gasteiger partial charge is 0.150 e. The van der Waals surface area contributed by atoms with Gasteiger partial charge in [-0.25, -0.2) is 0 Å². The normalized spacial score (nSPS) is 28.5. The predicted octanol–water partition coefficient (Wildman–Crippen LogP) is 4.14. The molecule has 4 rings (SSSR count). The predicted molar refractivity (Wildman–Crippen MR) is 101 cm³/mol. The van der Waals surface area contributed by atoms with E-state index in [9.17, 15) is 0 Å². The molecule has 2 atom stereocenters. The molecule has 1 saturated carbocycles. The monoisotopic (exact) mass is 375 g/mol. The minimum atomic E-state index is 0. The highest BCUT2D eigenvalue weighted by Crippen LogP contribution is 2.32. The van der Waals surface area contributed by atoms with Gasteiger partial charge in [-0.05, 0) is 44.6 Å². The van der Waals surface area contributed by atoms with Crippen molar-refractivity contribution in [1.29, 1.82) is 0 Å². The molecule has 24 heavy (non-hydrogen) atoms. The first-order chi connectivity index (χ1) is 10.9. The van der Waals surface area contributed by atoms with Gasteiger partial charge in [0.15, 0.2) is 5.76 Å². The van der Waals surface area contributed by atoms with E-state index in [1.54, 1.807) is 0 Å². The summed E-state index contributed by atoms with van der Waals surface area (Å²) in [7, 11) is 0. The third-order valence-electron chi connectivity index (χ3n) is 5.96. The molecule has 6 heteroatoms. The van der Waals surface area contributed by atoms with Crippen LogP contribution in [0.2, 0.25) is 0 Å². The molecule has 0 radical (unpaired) electrons. The summed E-state index contributed by atoms with van der Waals surface area (Å²) in [5.41, 5.74) is 1.21. The lowest BCUT2D eigenvalue weighted by molar-refractivity contribution is 0.101. The van der Waals surface area contributed by atoms with Crippen molar-refractivity contribution in [2.75, 3.05) is 19.6 Å². The lowest BCUT2D eigenvalue weighted by atomic mass is 9.85. The van der Waals surface area contributed by atoms with Crippen molar-refractivity contribution >= 4 is 24.8 Å². The Morgan fingerprint density at radius 2 is 1.92 bits per heavy atom. The van der Waals surface area contributed by atoms with Crippen LogP contribution >= 0.6 is 24.8 Å². The van der Waals surface area contributed by atoms with Gasteiger partial charge in [-0.3, -0.25) is 4.90 Å². The maximum absolute atomic E-state index is 5.65. The standard InChI is InChI=1S/C18H29N3O.2ClH/c1-2-5-14(6-3-1)18-11-16(22-20-18)13-21-10-8-17-15(12-21)7-4-9-19-17;;/h11,14-15,17,19H,1-10,12-13H2;2*1H/t15-,17+;;/m1../s1. The van der Waals surface area contributed by atoms with Crippen molar-refractivity contribution in [1.82, 2.24) is 15.4 Å². The van der Waals surface area contributed by atoms with Crippen LogP contribution in [0.3, 0.4) is 0 Å². The summed E-state index contributed by atoms with van der Waals surface area (Å²) < 4.78 is 5.65. The van der Waals surface area contributed by atoms with Crippen LogP contribution in [0.15, 0.2) is 10.6 Å². The summed E-state index contributed by atoms with van der Waals surface area (Å²) in [6.07, 6.45) is 10.7. The van der Waals surface area contributed by atoms with Crippen molar-refractivity contribution in [3.8, 4) is 0 Å². The van der Waals surface area contributed by atoms with Crippen molar-refractivity contribution < 1.29 is 4.52 Å². The van der Waals surface area contributed by atoms with Gasteiger partial charge in [-0.2, -0.15) is 0 Å². The maximum Gasteiger partial charge on any atom is 0.150 e. The molecule has 1 aromatic rings. The summed E-state index contributed by atoms with van der Waals surface area (Å²) in [5, 5.41) is 8.06. The van der Waals surface area contributed by atoms with E-state index in [0.29, 0.717) is 5.92 Å². The Hall–Kier alpha value is -0.290. The fraction of sp³-hybridized carbons (Fsp3) is 0.833. The first-order valence-electron chi connectivity index (χ1n) is 9.30. The number of nitrogens with zero attached hydrogens (tertiary/aromatic N) is 2. The summed E-state index contributed by atoms with van der Waals surface area (Å²) in [6.45, 7) is 4.57. The summed E-state index contributed by atoms with van der Waals surface area (Å²) >= 11 is 0. The molecule has 2 aliphatic heterocycles. The summed E-state index contributed by atoms with van der Waals surface area (Å²) in [6, 6.07) is 3.00. The molecular weight excluding hydrogens is 345 g/mol. The fourth-order valence-electron chi connectivity index (χ4n) is 4.68. The number of fused-ring (bicyclic) bond motifs is 1. The topological polar surface area (TPSA) is 41.3 Å². The Balaban J connectivity index is 0.00000104. The number of hydrogen-bond donors (Lipinski definition) is 1. The molecule has 3 fully saturated rings. The van der Waals surface area contributed by atoms with Crippen LogP contribution in [-0.2, 0) is 6.54 Å². The molecule has 0 aromatic carbocycles. The number of hydrogen-bond acceptors (Lipinski definition) is 4. The Bertz CT molecular complexity index is 490. The van der Waals surface area contributed by atoms with E-state index in [4.69, 9.17) is 4.52 Å². The van der Waals surface area contributed by atoms with E-state index in [1.807, 2.05) is 0 Å². The van der Waals surface area contributed by atoms with E-state index < -0.39 is 0 Å². The number of likely N-dealkylation sites (tertiary alicyclic amines) is 1. The Kier molecular flexibility index (Phi) is 7.86. The highest BCUT2D eigenvalue weighted by molar-refractivity contribution is 5.85. The third kappa shape index (κ3) is 4.66. The highest BCUT2D eigenvalue weighted by Gasteiger charge is 2.31. The maximum atomic E-state index is 5.65. The second kappa shape index (κ2) is 9.42. The molecule has 3 aliphatic rings. The molecule has 0 unspecified atom stereocenters. The second-order valence-corrected chi connectivity index (χ2v) is 7.54. The zero-order valence-electron chi connectivity index (χ0n) is 14.4. The molecule has 0 amide bonds. The SMILES string of the molecule is Cl.Cl.c1c(C2CCCCC2)noc1CN1CC[C@@H]2NCCC[C@@H]2C1. The van der Waals surface area contributed by atoms with Crippen LogP contribution in [-0.4, -0.2) is 35.7 Å². The van der Waals surface area contributed by atoms with Gasteiger partial charge in [0.25, 0.3) is 0 Å². The first-order valence-corrected chi connectivity index (χ1v) is 9.30. The number of rotatable bonds is 3. The molecule has 1 aromatic heterocycles. The van der Waals surface area contributed by atoms with Gasteiger partial charge >= 0.3 is 0 Å². The Labute approximate surface area is 157 Å². The zero-order chi connectivity index (χ0) is 14.8. The van der Waals surface area contributed by atoms with E-state index in [2.05, 4.69) is 21.4 Å². The Morgan fingerprint density at radius 1 is 1.08 bits per heavy atom. The number of piperidine rings is 2. The largest absolute Gasteiger partial charge is 0.360 e. The average Bonchev–Trinajstić information content (AvgIpc) is 3.04. The average molecular weight is 376 g/mol. The number of nitrogens with one attached hydrogen (secondary N) is 1. The van der Waals surface area contributed by atoms with Gasteiger partial charge in [0.1, 0.15) is 0 Å². The summed E-state index contributed by atoms with van der Waals surface area (Å²) in [5.74, 6) is 2.56. The van der Waals surface area contributed by atoms with Gasteiger partial charge in [0, 0.05) is 31.1 Å². The van der Waals surface area contributed by atoms with E-state index in [1.165, 1.54) is 76.7 Å². The molecule has 0 bridgehead atoms. The van der Waals surface area contributed by atoms with Crippen LogP contribution < -0.4 is 5.32 Å². The molecular formula is C18H31Cl2N3O. The zero-order valence-corrected chi connectivity index (χ0v) is 16.0. The molecule has 0 spiro atoms. The molecule has 1 aliphatic carbocycles. The second-order valence-electron chi connectivity index (χ2n) is 7.54. The van der Waals surface area contributed by atoms with Gasteiger partial charge in [0.2, 0.25) is 0 Å². The molecule has 3 heterocycles. The minimum absolute atomic E-state index is 0. The fourth-order valence-corrected chi connectivity index (χ4v) is 4.68. The van der Waals surface area contributed by atoms with Crippen molar-refractivity contribution in [2.24, 2.45) is 5.92 Å². The van der Waals surface area contributed by atoms with Gasteiger partial charge in [-0.15, -0.1) is 24.8 Å². The van der Waals surface area contributed by atoms with Crippen LogP contribution in [0.1, 0.15) is 68.7 Å². The van der Waals surface area contributed by atoms with E-state index in [-0.39, 0.29) is 24.8 Å². The highest BCUT2D eigenvalue weighted by atomic mass is 35.5. The number of aromatic nitrogens is 1. The van der Waals surface area contributed by atoms with Gasteiger partial charge in [-0.1, -0.05) is 24.4 Å². The minimum Gasteiger partial charge on any atom is -0.360 e. The molecule has 1 N–H and O–H groups in total. The van der Waals surface area contributed by atoms with Crippen LogP contribution in [0.4, 0.5) is 0 Å². The van der Waals surface area contributed by atoms with E-state index >= 15 is 0 Å². The quantitative estimate of drug-likeness (QED) is 0.861. The van der Waals surface area contributed by atoms with Gasteiger partial charge < -0.3 is 9.84 Å². The molecule has 138 valence electrons. The van der Waals surface area contributed by atoms with Crippen LogP contribution in [0, 0.1) is 5.92 Å². The van der Waals surface area contributed by atoms with Crippen LogP contribution in [0.25, 0.3) is 0 Å². The number of halogens is 2. The van der Waals surface area contributed by atoms with Crippen LogP contribution in [0.5, 0.6) is 0 Å². The van der Waals surface area contributed by atoms with Crippen molar-refractivity contribution in [2.45, 2.75) is 69.9 Å². The molecule has 4 nitrogen and oxygen atoms in total. The van der Waals surface area contributed by atoms with Crippen molar-refractivity contribution in [3.63, 3.8) is 0 Å². The third-order valence-corrected chi connectivity index (χ3v) is 5.96. The lowest BCUT2D eigenvalue weighted by Crippen LogP contribution is -2.51.